The molecule has 16 bridgehead atoms. The van der Waals surface area contributed by atoms with Crippen molar-refractivity contribution < 1.29 is 198 Å². The van der Waals surface area contributed by atoms with E-state index in [4.69, 9.17) is 75.8 Å². The number of aliphatic hydroxyl groups is 24. The number of ether oxygens (including phenoxy) is 16. The number of hydrogen-bond acceptors (Lipinski definition) is 40. The highest BCUT2D eigenvalue weighted by atomic mass is 16.8. The summed E-state index contributed by atoms with van der Waals surface area (Å²) in [7, 11) is 0. The zero-order chi connectivity index (χ0) is 64.8. The Morgan fingerprint density at radius 2 is 0.337 bits per heavy atom. The van der Waals surface area contributed by atoms with Crippen LogP contribution in [0.2, 0.25) is 0 Å². The van der Waals surface area contributed by atoms with Crippen LogP contribution in [0.1, 0.15) is 0 Å². The molecule has 30 aliphatic rings. The molecular formula is C49H82O40. The molecule has 30 fully saturated rings. The lowest BCUT2D eigenvalue weighted by Gasteiger charge is -2.50. The summed E-state index contributed by atoms with van der Waals surface area (Å²) in [5.41, 5.74) is 0. The monoisotopic (exact) mass is 1310 g/mol. The van der Waals surface area contributed by atoms with Crippen molar-refractivity contribution in [1.82, 2.24) is 0 Å². The SMILES string of the molecule is OC[C@H]1OC2OC3[C@@H](CO)OC(OC4[C@@H](CO)OC(OC5[C@@H](CO)OC(OC6[C@@H](CO)OC(OC7[C@@H](CO)OC(OC8[C@@H](CO)OC(OC[C@H]9[C@H](O)C(O)C(OC1[C@H](O)[C@H]2O)O[C@@H]9CO)[C@H](O)[C@H]8O)[C@H](O)[C@H]7O)[C@H](O)[C@H]6O)[C@H](O)[C@H]5O)[C@H](O)[C@H]4O)[C@H](O)[C@H]3O. The van der Waals surface area contributed by atoms with Crippen LogP contribution in [-0.4, -0.2) is 422 Å². The van der Waals surface area contributed by atoms with Gasteiger partial charge in [-0.15, -0.1) is 0 Å². The molecule has 40 heteroatoms. The summed E-state index contributed by atoms with van der Waals surface area (Å²) in [4.78, 5) is 0. The molecule has 89 heavy (non-hydrogen) atoms. The molecule has 0 radical (unpaired) electrons. The van der Waals surface area contributed by atoms with Crippen LogP contribution in [0.5, 0.6) is 0 Å². The van der Waals surface area contributed by atoms with Crippen LogP contribution in [0, 0.1) is 5.92 Å². The Hall–Kier alpha value is -1.60. The van der Waals surface area contributed by atoms with Crippen LogP contribution in [0.4, 0.5) is 0 Å². The lowest BCUT2D eigenvalue weighted by atomic mass is 9.89. The molecule has 30 rings (SSSR count). The Morgan fingerprint density at radius 1 is 0.180 bits per heavy atom. The molecule has 0 saturated carbocycles. The predicted octanol–water partition coefficient (Wildman–Crippen LogP) is -17.2. The van der Waals surface area contributed by atoms with Gasteiger partial charge in [0, 0.05) is 5.92 Å². The molecule has 0 aromatic carbocycles. The van der Waals surface area contributed by atoms with E-state index in [-0.39, 0.29) is 0 Å². The number of rotatable bonds is 8. The lowest BCUT2D eigenvalue weighted by Crippen LogP contribution is -2.68. The fourth-order valence-electron chi connectivity index (χ4n) is 12.1. The van der Waals surface area contributed by atoms with Gasteiger partial charge in [-0.05, 0) is 0 Å². The zero-order valence-electron chi connectivity index (χ0n) is 46.7. The fraction of sp³-hybridized carbons (Fsp3) is 1.00. The van der Waals surface area contributed by atoms with E-state index in [9.17, 15) is 123 Å². The van der Waals surface area contributed by atoms with Gasteiger partial charge >= 0.3 is 0 Å². The van der Waals surface area contributed by atoms with E-state index in [0.29, 0.717) is 0 Å². The molecule has 0 aromatic rings. The Bertz CT molecular complexity index is 2150. The highest BCUT2D eigenvalue weighted by Gasteiger charge is 2.60. The molecule has 0 amide bonds. The van der Waals surface area contributed by atoms with Crippen LogP contribution in [-0.2, 0) is 75.8 Å². The van der Waals surface area contributed by atoms with E-state index in [1.54, 1.807) is 0 Å². The second kappa shape index (κ2) is 30.6. The van der Waals surface area contributed by atoms with E-state index in [0.717, 1.165) is 0 Å². The Morgan fingerprint density at radius 3 is 0.528 bits per heavy atom. The van der Waals surface area contributed by atoms with Crippen molar-refractivity contribution in [1.29, 1.82) is 0 Å². The van der Waals surface area contributed by atoms with E-state index in [1.807, 2.05) is 0 Å². The molecule has 0 spiro atoms. The number of hydrogen-bond donors (Lipinski definition) is 24. The summed E-state index contributed by atoms with van der Waals surface area (Å²) in [5, 5.41) is 265. The summed E-state index contributed by atoms with van der Waals surface area (Å²) in [6.45, 7) is -9.18. The molecule has 0 aliphatic carbocycles. The van der Waals surface area contributed by atoms with Crippen LogP contribution in [0.3, 0.4) is 0 Å². The van der Waals surface area contributed by atoms with E-state index < -0.39 is 305 Å². The molecule has 40 nitrogen and oxygen atoms in total. The minimum atomic E-state index is -2.25. The first-order chi connectivity index (χ1) is 42.4. The van der Waals surface area contributed by atoms with E-state index >= 15 is 0 Å². The largest absolute Gasteiger partial charge is 0.394 e. The van der Waals surface area contributed by atoms with Crippen molar-refractivity contribution in [2.24, 2.45) is 5.92 Å². The summed E-state index contributed by atoms with van der Waals surface area (Å²) in [6.07, 6.45) is -78.5. The maximum atomic E-state index is 11.4. The summed E-state index contributed by atoms with van der Waals surface area (Å²) in [5.74, 6) is -1.45. The maximum Gasteiger partial charge on any atom is 0.187 e. The van der Waals surface area contributed by atoms with Crippen molar-refractivity contribution in [3.8, 4) is 0 Å². The summed E-state index contributed by atoms with van der Waals surface area (Å²) in [6, 6.07) is 0. The van der Waals surface area contributed by atoms with Gasteiger partial charge in [0.05, 0.1) is 71.7 Å². The molecule has 30 aliphatic heterocycles. The lowest BCUT2D eigenvalue weighted by molar-refractivity contribution is -0.398. The smallest absolute Gasteiger partial charge is 0.187 e. The van der Waals surface area contributed by atoms with Gasteiger partial charge in [0.1, 0.15) is 177 Å². The summed E-state index contributed by atoms with van der Waals surface area (Å²) >= 11 is 0. The van der Waals surface area contributed by atoms with Gasteiger partial charge in [-0.3, -0.25) is 0 Å². The molecule has 16 unspecified atom stereocenters. The van der Waals surface area contributed by atoms with Crippen LogP contribution >= 0.6 is 0 Å². The van der Waals surface area contributed by atoms with Crippen molar-refractivity contribution in [3.63, 3.8) is 0 Å². The molecule has 30 saturated heterocycles. The second-order valence-corrected chi connectivity index (χ2v) is 22.9. The van der Waals surface area contributed by atoms with Gasteiger partial charge in [0.15, 0.2) is 50.3 Å². The van der Waals surface area contributed by atoms with Gasteiger partial charge in [-0.2, -0.15) is 0 Å². The standard InChI is InChI=1S/C49H82O40/c50-1-11-10-9-74-42-28(67)20(59)35(12(2-51)76-42)84-44-30(69)22(61)37(14(4-53)78-44)86-46-32(71)24(63)39(16(6-55)80-46)88-48-34(73)26(65)41(18(8-57)82-48)89-49-33(72)25(64)40(17(7-56)81-49)87-47-31(70)23(62)38(15(5-54)79-47)85-45-29(68)21(60)36(13(3-52)77-45)83-43(75-11)27(66)19(10)58/h10-73H,1-9H2/t10-,11-,12-,13-,14-,15-,16-,17-,18-,19+,20-,21-,22-,23-,24-,25-,26-,27?,28-,29-,30-,31-,32-,33-,34-,35?,36?,37?,38?,39?,40?,41?,42?,43?,44?,45?,46?,47?,48?,49?/m1/s1. The van der Waals surface area contributed by atoms with Crippen molar-refractivity contribution >= 4 is 0 Å². The minimum Gasteiger partial charge on any atom is -0.394 e. The van der Waals surface area contributed by atoms with Crippen LogP contribution < -0.4 is 0 Å². The quantitative estimate of drug-likeness (QED) is 0.107. The van der Waals surface area contributed by atoms with Crippen molar-refractivity contribution in [3.05, 3.63) is 0 Å². The van der Waals surface area contributed by atoms with Crippen molar-refractivity contribution in [2.75, 3.05) is 59.5 Å². The molecular weight excluding hydrogens is 1230 g/mol. The third kappa shape index (κ3) is 14.3. The minimum absolute atomic E-state index is 0.778. The van der Waals surface area contributed by atoms with Gasteiger partial charge in [0.25, 0.3) is 0 Å². The average Bonchev–Trinajstić information content (AvgIpc) is 2.08. The Kier molecular flexibility index (Phi) is 24.7. The van der Waals surface area contributed by atoms with Crippen molar-refractivity contribution in [2.45, 2.75) is 240 Å². The highest BCUT2D eigenvalue weighted by molar-refractivity contribution is 5.02. The van der Waals surface area contributed by atoms with E-state index in [2.05, 4.69) is 0 Å². The first kappa shape index (κ1) is 71.7. The average molecular weight is 1310 g/mol. The fourth-order valence-corrected chi connectivity index (χ4v) is 12.1. The first-order valence-corrected chi connectivity index (χ1v) is 28.6. The molecule has 40 atom stereocenters. The highest BCUT2D eigenvalue weighted by Crippen LogP contribution is 2.39. The van der Waals surface area contributed by atoms with Gasteiger partial charge < -0.3 is 198 Å². The Labute approximate surface area is 502 Å². The molecule has 0 aromatic heterocycles. The van der Waals surface area contributed by atoms with Gasteiger partial charge in [0.2, 0.25) is 0 Å². The normalized spacial score (nSPS) is 55.0. The predicted molar refractivity (Wildman–Crippen MR) is 266 cm³/mol. The van der Waals surface area contributed by atoms with Crippen LogP contribution in [0.25, 0.3) is 0 Å². The first-order valence-electron chi connectivity index (χ1n) is 28.6. The Balaban J connectivity index is 0.964. The zero-order valence-corrected chi connectivity index (χ0v) is 46.7. The topological polar surface area (TPSA) is 633 Å². The molecule has 30 heterocycles. The van der Waals surface area contributed by atoms with Gasteiger partial charge in [-0.1, -0.05) is 0 Å². The molecule has 24 N–H and O–H groups in total. The second-order valence-electron chi connectivity index (χ2n) is 22.9. The van der Waals surface area contributed by atoms with Crippen LogP contribution in [0.15, 0.2) is 0 Å². The van der Waals surface area contributed by atoms with Gasteiger partial charge in [-0.25, -0.2) is 0 Å². The molecule has 518 valence electrons. The third-order valence-electron chi connectivity index (χ3n) is 17.3. The van der Waals surface area contributed by atoms with E-state index in [1.165, 1.54) is 0 Å². The number of aliphatic hydroxyl groups excluding tert-OH is 24. The summed E-state index contributed by atoms with van der Waals surface area (Å²) < 4.78 is 91.2. The maximum absolute atomic E-state index is 11.4. The third-order valence-corrected chi connectivity index (χ3v) is 17.3.